The summed E-state index contributed by atoms with van der Waals surface area (Å²) in [5.74, 6) is -0.0588. The molecule has 18 heavy (non-hydrogen) atoms. The smallest absolute Gasteiger partial charge is 0.232 e. The van der Waals surface area contributed by atoms with E-state index in [2.05, 4.69) is 15.3 Å². The molecule has 0 fully saturated rings. The molecule has 1 amide bonds. The van der Waals surface area contributed by atoms with Crippen LogP contribution in [0.2, 0.25) is 0 Å². The van der Waals surface area contributed by atoms with E-state index in [0.717, 1.165) is 16.6 Å². The first-order valence-corrected chi connectivity index (χ1v) is 6.45. The number of aromatic amines is 1. The molecular weight excluding hydrogens is 246 g/mol. The van der Waals surface area contributed by atoms with Crippen LogP contribution in [-0.2, 0) is 11.2 Å². The van der Waals surface area contributed by atoms with Crippen LogP contribution in [0.3, 0.4) is 0 Å². The van der Waals surface area contributed by atoms with Gasteiger partial charge in [-0.3, -0.25) is 4.79 Å². The standard InChI is InChI=1S/C13H11N3OS/c17-12(16-13-14-5-6-18-13)8-10-7-9-3-1-2-4-11(9)15-10/h1-7,15H,8H2,(H,14,16,17). The first kappa shape index (κ1) is 11.0. The fraction of sp³-hybridized carbons (Fsp3) is 0.0769. The maximum absolute atomic E-state index is 11.8. The van der Waals surface area contributed by atoms with E-state index in [-0.39, 0.29) is 5.91 Å². The largest absolute Gasteiger partial charge is 0.358 e. The number of amides is 1. The van der Waals surface area contributed by atoms with Crippen LogP contribution in [0.15, 0.2) is 41.9 Å². The number of nitrogens with zero attached hydrogens (tertiary/aromatic N) is 1. The van der Waals surface area contributed by atoms with Crippen LogP contribution in [0.1, 0.15) is 5.69 Å². The molecule has 5 heteroatoms. The Morgan fingerprint density at radius 1 is 1.39 bits per heavy atom. The Kier molecular flexibility index (Phi) is 2.82. The van der Waals surface area contributed by atoms with Gasteiger partial charge in [0.05, 0.1) is 6.42 Å². The van der Waals surface area contributed by atoms with Crippen molar-refractivity contribution < 1.29 is 4.79 Å². The number of aromatic nitrogens is 2. The monoisotopic (exact) mass is 257 g/mol. The summed E-state index contributed by atoms with van der Waals surface area (Å²) in [6, 6.07) is 9.97. The van der Waals surface area contributed by atoms with Gasteiger partial charge >= 0.3 is 0 Å². The number of H-pyrrole nitrogens is 1. The van der Waals surface area contributed by atoms with E-state index >= 15 is 0 Å². The zero-order valence-electron chi connectivity index (χ0n) is 9.51. The molecule has 0 aliphatic carbocycles. The van der Waals surface area contributed by atoms with Gasteiger partial charge in [-0.05, 0) is 17.5 Å². The van der Waals surface area contributed by atoms with Crippen molar-refractivity contribution in [3.63, 3.8) is 0 Å². The summed E-state index contributed by atoms with van der Waals surface area (Å²) >= 11 is 1.41. The van der Waals surface area contributed by atoms with Gasteiger partial charge in [0.1, 0.15) is 0 Å². The summed E-state index contributed by atoms with van der Waals surface area (Å²) in [7, 11) is 0. The second kappa shape index (κ2) is 4.62. The zero-order valence-corrected chi connectivity index (χ0v) is 10.3. The highest BCUT2D eigenvalue weighted by Crippen LogP contribution is 2.16. The van der Waals surface area contributed by atoms with E-state index in [9.17, 15) is 4.79 Å². The average Bonchev–Trinajstić information content (AvgIpc) is 2.96. The van der Waals surface area contributed by atoms with Crippen molar-refractivity contribution in [3.8, 4) is 0 Å². The third-order valence-electron chi connectivity index (χ3n) is 2.62. The lowest BCUT2D eigenvalue weighted by Crippen LogP contribution is -2.14. The lowest BCUT2D eigenvalue weighted by molar-refractivity contribution is -0.115. The van der Waals surface area contributed by atoms with Crippen LogP contribution in [0, 0.1) is 0 Å². The Bertz CT molecular complexity index is 639. The Balaban J connectivity index is 1.74. The third kappa shape index (κ3) is 2.26. The number of para-hydroxylation sites is 1. The number of rotatable bonds is 3. The van der Waals surface area contributed by atoms with Crippen LogP contribution < -0.4 is 5.32 Å². The molecule has 90 valence electrons. The number of fused-ring (bicyclic) bond motifs is 1. The van der Waals surface area contributed by atoms with Crippen LogP contribution in [0.4, 0.5) is 5.13 Å². The van der Waals surface area contributed by atoms with Crippen molar-refractivity contribution in [1.82, 2.24) is 9.97 Å². The summed E-state index contributed by atoms with van der Waals surface area (Å²) in [4.78, 5) is 19.0. The SMILES string of the molecule is O=C(Cc1cc2ccccc2[nH]1)Nc1nccs1. The fourth-order valence-electron chi connectivity index (χ4n) is 1.85. The summed E-state index contributed by atoms with van der Waals surface area (Å²) in [6.07, 6.45) is 2.00. The van der Waals surface area contributed by atoms with Crippen LogP contribution in [0.25, 0.3) is 10.9 Å². The van der Waals surface area contributed by atoms with E-state index in [0.29, 0.717) is 11.6 Å². The fourth-order valence-corrected chi connectivity index (χ4v) is 2.40. The molecule has 0 aliphatic rings. The highest BCUT2D eigenvalue weighted by atomic mass is 32.1. The predicted octanol–water partition coefficient (Wildman–Crippen LogP) is 2.81. The number of hydrogen-bond donors (Lipinski definition) is 2. The van der Waals surface area contributed by atoms with Crippen molar-refractivity contribution in [1.29, 1.82) is 0 Å². The van der Waals surface area contributed by atoms with Crippen LogP contribution in [0.5, 0.6) is 0 Å². The molecule has 0 aliphatic heterocycles. The topological polar surface area (TPSA) is 57.8 Å². The molecule has 2 heterocycles. The molecule has 0 atom stereocenters. The van der Waals surface area contributed by atoms with Gasteiger partial charge in [0.2, 0.25) is 5.91 Å². The maximum Gasteiger partial charge on any atom is 0.232 e. The molecule has 3 rings (SSSR count). The van der Waals surface area contributed by atoms with Crippen LogP contribution in [-0.4, -0.2) is 15.9 Å². The Labute approximate surface area is 108 Å². The van der Waals surface area contributed by atoms with Gasteiger partial charge in [-0.15, -0.1) is 11.3 Å². The van der Waals surface area contributed by atoms with Crippen molar-refractivity contribution in [3.05, 3.63) is 47.6 Å². The number of hydrogen-bond acceptors (Lipinski definition) is 3. The van der Waals surface area contributed by atoms with E-state index < -0.39 is 0 Å². The minimum Gasteiger partial charge on any atom is -0.358 e. The Morgan fingerprint density at radius 2 is 2.28 bits per heavy atom. The highest BCUT2D eigenvalue weighted by Gasteiger charge is 2.07. The van der Waals surface area contributed by atoms with E-state index in [1.807, 2.05) is 35.7 Å². The number of thiazole rings is 1. The predicted molar refractivity (Wildman–Crippen MR) is 72.7 cm³/mol. The first-order valence-electron chi connectivity index (χ1n) is 5.57. The van der Waals surface area contributed by atoms with Gasteiger partial charge in [-0.1, -0.05) is 18.2 Å². The molecule has 0 unspecified atom stereocenters. The molecule has 0 saturated carbocycles. The van der Waals surface area contributed by atoms with Gasteiger partial charge in [0.25, 0.3) is 0 Å². The maximum atomic E-state index is 11.8. The molecular formula is C13H11N3OS. The van der Waals surface area contributed by atoms with Gasteiger partial charge in [-0.25, -0.2) is 4.98 Å². The molecule has 2 N–H and O–H groups in total. The molecule has 4 nitrogen and oxygen atoms in total. The molecule has 1 aromatic carbocycles. The zero-order chi connectivity index (χ0) is 12.4. The highest BCUT2D eigenvalue weighted by molar-refractivity contribution is 7.13. The quantitative estimate of drug-likeness (QED) is 0.758. The van der Waals surface area contributed by atoms with Gasteiger partial charge in [0, 0.05) is 22.8 Å². The summed E-state index contributed by atoms with van der Waals surface area (Å²) in [6.45, 7) is 0. The lowest BCUT2D eigenvalue weighted by Gasteiger charge is -1.99. The van der Waals surface area contributed by atoms with Gasteiger partial charge < -0.3 is 10.3 Å². The third-order valence-corrected chi connectivity index (χ3v) is 3.30. The summed E-state index contributed by atoms with van der Waals surface area (Å²) in [5.41, 5.74) is 1.96. The number of benzene rings is 1. The minimum atomic E-state index is -0.0588. The molecule has 0 saturated heterocycles. The normalized spacial score (nSPS) is 10.7. The van der Waals surface area contributed by atoms with Crippen molar-refractivity contribution in [2.75, 3.05) is 5.32 Å². The van der Waals surface area contributed by atoms with E-state index in [1.165, 1.54) is 11.3 Å². The second-order valence-corrected chi connectivity index (χ2v) is 4.84. The number of nitrogens with one attached hydrogen (secondary N) is 2. The molecule has 0 radical (unpaired) electrons. The van der Waals surface area contributed by atoms with Crippen molar-refractivity contribution in [2.45, 2.75) is 6.42 Å². The molecule has 3 aromatic rings. The molecule has 0 spiro atoms. The number of carbonyl (C=O) groups excluding carboxylic acids is 1. The second-order valence-electron chi connectivity index (χ2n) is 3.94. The number of carbonyl (C=O) groups is 1. The lowest BCUT2D eigenvalue weighted by atomic mass is 10.2. The summed E-state index contributed by atoms with van der Waals surface area (Å²) < 4.78 is 0. The Hall–Kier alpha value is -2.14. The first-order chi connectivity index (χ1) is 8.81. The van der Waals surface area contributed by atoms with E-state index in [4.69, 9.17) is 0 Å². The van der Waals surface area contributed by atoms with E-state index in [1.54, 1.807) is 6.20 Å². The van der Waals surface area contributed by atoms with Crippen LogP contribution >= 0.6 is 11.3 Å². The van der Waals surface area contributed by atoms with Gasteiger partial charge in [0.15, 0.2) is 5.13 Å². The number of anilines is 1. The molecule has 0 bridgehead atoms. The molecule has 2 aromatic heterocycles. The Morgan fingerprint density at radius 3 is 3.06 bits per heavy atom. The van der Waals surface area contributed by atoms with Gasteiger partial charge in [-0.2, -0.15) is 0 Å². The van der Waals surface area contributed by atoms with Crippen molar-refractivity contribution >= 4 is 33.3 Å². The van der Waals surface area contributed by atoms with Crippen molar-refractivity contribution in [2.24, 2.45) is 0 Å². The minimum absolute atomic E-state index is 0.0588. The average molecular weight is 257 g/mol. The summed E-state index contributed by atoms with van der Waals surface area (Å²) in [5, 5.41) is 6.35.